The Bertz CT molecular complexity index is 537. The second-order valence-electron chi connectivity index (χ2n) is 7.72. The maximum absolute atomic E-state index is 8.67. The smallest absolute Gasteiger partial charge is 0.290 e. The van der Waals surface area contributed by atoms with Gasteiger partial charge in [0.25, 0.3) is 6.47 Å². The lowest BCUT2D eigenvalue weighted by Gasteiger charge is -2.31. The first-order chi connectivity index (χ1) is 14.0. The molecule has 3 fully saturated rings. The zero-order valence-electron chi connectivity index (χ0n) is 18.2. The van der Waals surface area contributed by atoms with Gasteiger partial charge < -0.3 is 25.6 Å². The Balaban J connectivity index is 0.000000211. The molecule has 0 amide bonds. The first-order valence-corrected chi connectivity index (χ1v) is 10.5. The summed E-state index contributed by atoms with van der Waals surface area (Å²) in [5.41, 5.74) is 1.84. The van der Waals surface area contributed by atoms with Crippen molar-refractivity contribution >= 4 is 6.47 Å². The number of hydrogen-bond donors (Lipinski definition) is 4. The quantitative estimate of drug-likeness (QED) is 0.566. The van der Waals surface area contributed by atoms with Crippen LogP contribution in [0.1, 0.15) is 37.7 Å². The van der Waals surface area contributed by atoms with Gasteiger partial charge in [0.05, 0.1) is 13.2 Å². The highest BCUT2D eigenvalue weighted by Crippen LogP contribution is 2.37. The van der Waals surface area contributed by atoms with Gasteiger partial charge in [0.15, 0.2) is 0 Å². The monoisotopic (exact) mass is 409 g/mol. The Morgan fingerprint density at radius 3 is 2.24 bits per heavy atom. The summed E-state index contributed by atoms with van der Waals surface area (Å²) in [6.07, 6.45) is 6.55. The molecular formula is C22H39N3O4. The second kappa shape index (κ2) is 14.3. The predicted octanol–water partition coefficient (Wildman–Crippen LogP) is 1.88. The van der Waals surface area contributed by atoms with Crippen molar-refractivity contribution in [3.63, 3.8) is 0 Å². The van der Waals surface area contributed by atoms with Crippen LogP contribution in [0.25, 0.3) is 0 Å². The molecule has 1 aromatic carbocycles. The molecular weight excluding hydrogens is 370 g/mol. The average Bonchev–Trinajstić information content (AvgIpc) is 3.42. The van der Waals surface area contributed by atoms with Gasteiger partial charge in [-0.3, -0.25) is 9.69 Å². The van der Waals surface area contributed by atoms with E-state index in [1.54, 1.807) is 7.11 Å². The lowest BCUT2D eigenvalue weighted by atomic mass is 9.94. The largest absolute Gasteiger partial charge is 0.497 e. The van der Waals surface area contributed by atoms with Gasteiger partial charge in [-0.2, -0.15) is 0 Å². The van der Waals surface area contributed by atoms with Gasteiger partial charge in [-0.25, -0.2) is 0 Å². The number of nitrogens with one attached hydrogen (secondary N) is 2. The fraction of sp³-hybridized carbons (Fsp3) is 0.682. The molecule has 3 saturated heterocycles. The highest BCUT2D eigenvalue weighted by Gasteiger charge is 2.43. The number of nitrogens with zero attached hydrogens (tertiary/aromatic N) is 1. The first kappa shape index (κ1) is 25.4. The van der Waals surface area contributed by atoms with Gasteiger partial charge >= 0.3 is 0 Å². The molecule has 1 atom stereocenters. The third kappa shape index (κ3) is 9.12. The number of aliphatic hydroxyl groups is 1. The Morgan fingerprint density at radius 2 is 1.86 bits per heavy atom. The minimum atomic E-state index is -0.250. The van der Waals surface area contributed by atoms with E-state index in [1.165, 1.54) is 50.9 Å². The minimum absolute atomic E-state index is 0.0648. The molecule has 29 heavy (non-hydrogen) atoms. The van der Waals surface area contributed by atoms with Crippen LogP contribution in [0.4, 0.5) is 0 Å². The molecule has 0 aliphatic carbocycles. The molecule has 0 spiro atoms. The predicted molar refractivity (Wildman–Crippen MR) is 117 cm³/mol. The maximum atomic E-state index is 8.67. The molecule has 1 aromatic rings. The van der Waals surface area contributed by atoms with Gasteiger partial charge in [0.2, 0.25) is 0 Å². The number of benzene rings is 1. The van der Waals surface area contributed by atoms with Crippen molar-refractivity contribution < 1.29 is 19.7 Å². The van der Waals surface area contributed by atoms with Crippen LogP contribution in [-0.2, 0) is 4.79 Å². The molecule has 7 nitrogen and oxygen atoms in total. The van der Waals surface area contributed by atoms with E-state index in [9.17, 15) is 0 Å². The van der Waals surface area contributed by atoms with E-state index in [2.05, 4.69) is 29.5 Å². The number of methoxy groups -OCH3 is 1. The molecule has 0 radical (unpaired) electrons. The Labute approximate surface area is 175 Å². The van der Waals surface area contributed by atoms with Crippen LogP contribution in [-0.4, -0.2) is 80.1 Å². The lowest BCUT2D eigenvalue weighted by molar-refractivity contribution is -0.122. The number of rotatable bonds is 3. The Hall–Kier alpha value is -1.67. The molecule has 0 saturated carbocycles. The van der Waals surface area contributed by atoms with E-state index in [0.717, 1.165) is 25.3 Å². The topological polar surface area (TPSA) is 94.1 Å². The summed E-state index contributed by atoms with van der Waals surface area (Å²) in [5, 5.41) is 21.9. The van der Waals surface area contributed by atoms with E-state index < -0.39 is 0 Å². The van der Waals surface area contributed by atoms with Crippen molar-refractivity contribution in [2.45, 2.75) is 50.7 Å². The highest BCUT2D eigenvalue weighted by molar-refractivity contribution is 5.32. The summed E-state index contributed by atoms with van der Waals surface area (Å²) in [7, 11) is 3.74. The van der Waals surface area contributed by atoms with E-state index in [0.29, 0.717) is 5.54 Å². The van der Waals surface area contributed by atoms with Crippen LogP contribution in [0.2, 0.25) is 0 Å². The zero-order chi connectivity index (χ0) is 21.5. The normalized spacial score (nSPS) is 21.4. The average molecular weight is 410 g/mol. The fourth-order valence-corrected chi connectivity index (χ4v) is 4.16. The number of hydrogen-bond acceptors (Lipinski definition) is 6. The van der Waals surface area contributed by atoms with Crippen LogP contribution in [0.3, 0.4) is 0 Å². The number of aliphatic hydroxyl groups excluding tert-OH is 1. The first-order valence-electron chi connectivity index (χ1n) is 10.5. The summed E-state index contributed by atoms with van der Waals surface area (Å²) >= 11 is 0. The second-order valence-corrected chi connectivity index (χ2v) is 7.72. The van der Waals surface area contributed by atoms with Crippen molar-refractivity contribution in [2.75, 3.05) is 46.9 Å². The van der Waals surface area contributed by atoms with Crippen molar-refractivity contribution in [2.24, 2.45) is 0 Å². The number of fused-ring (bicyclic) bond motifs is 1. The summed E-state index contributed by atoms with van der Waals surface area (Å²) in [5.74, 6) is 0.917. The summed E-state index contributed by atoms with van der Waals surface area (Å²) in [4.78, 5) is 11.0. The molecule has 4 N–H and O–H groups in total. The minimum Gasteiger partial charge on any atom is -0.497 e. The molecule has 3 aliphatic rings. The van der Waals surface area contributed by atoms with E-state index in [1.807, 2.05) is 24.3 Å². The van der Waals surface area contributed by atoms with Gasteiger partial charge in [0.1, 0.15) is 5.75 Å². The van der Waals surface area contributed by atoms with Crippen LogP contribution < -0.4 is 15.4 Å². The van der Waals surface area contributed by atoms with Crippen LogP contribution in [0, 0.1) is 6.92 Å². The van der Waals surface area contributed by atoms with Gasteiger partial charge in [-0.15, -0.1) is 0 Å². The number of carbonyl (C=O) groups is 1. The van der Waals surface area contributed by atoms with Crippen LogP contribution in [0.5, 0.6) is 5.75 Å². The van der Waals surface area contributed by atoms with Gasteiger partial charge in [-0.05, 0) is 77.8 Å². The fourth-order valence-electron chi connectivity index (χ4n) is 4.16. The van der Waals surface area contributed by atoms with E-state index in [-0.39, 0.29) is 12.6 Å². The molecule has 3 heterocycles. The summed E-state index contributed by atoms with van der Waals surface area (Å²) in [6, 6.07) is 7.96. The van der Waals surface area contributed by atoms with E-state index in [4.69, 9.17) is 19.7 Å². The van der Waals surface area contributed by atoms with E-state index >= 15 is 0 Å². The lowest BCUT2D eigenvalue weighted by Crippen LogP contribution is -2.45. The Kier molecular flexibility index (Phi) is 12.5. The number of aryl methyl sites for hydroxylation is 1. The number of carboxylic acid groups (broad SMARTS) is 1. The number of β-amino-alcohol motifs (C(OH)–C–C–N with tert-alkyl or cyclic N) is 1. The van der Waals surface area contributed by atoms with Crippen molar-refractivity contribution in [3.05, 3.63) is 29.8 Å². The molecule has 7 heteroatoms. The maximum Gasteiger partial charge on any atom is 0.290 e. The third-order valence-corrected chi connectivity index (χ3v) is 5.61. The Morgan fingerprint density at radius 1 is 1.28 bits per heavy atom. The van der Waals surface area contributed by atoms with Crippen molar-refractivity contribution in [1.29, 1.82) is 0 Å². The number of likely N-dealkylation sites (N-methyl/N-ethyl adjacent to an activating group) is 1. The third-order valence-electron chi connectivity index (χ3n) is 5.61. The van der Waals surface area contributed by atoms with Crippen molar-refractivity contribution in [1.82, 2.24) is 15.5 Å². The number of ether oxygens (including phenoxy) is 1. The van der Waals surface area contributed by atoms with Crippen LogP contribution in [0.15, 0.2) is 24.3 Å². The highest BCUT2D eigenvalue weighted by atomic mass is 16.5. The van der Waals surface area contributed by atoms with Gasteiger partial charge in [-0.1, -0.05) is 17.7 Å². The molecule has 166 valence electrons. The standard InChI is InChI=1S/C9H18N2.C8H10O.C4H9NO.CH2O2/c1-10-8-9-4-2-6-11(9)7-3-5-9;1-7-3-5-8(9-2)6-4-7;6-4-1-2-5-3-4;2-1-3/h10H,2-8H2,1H3;3-6H,1-2H3;4-6H,1-3H2;1H,(H,2,3). The summed E-state index contributed by atoms with van der Waals surface area (Å²) in [6.45, 7) is 7.48. The van der Waals surface area contributed by atoms with Crippen molar-refractivity contribution in [3.8, 4) is 5.75 Å². The SMILES string of the molecule is CNCC12CCCN1CCC2.COc1ccc(C)cc1.O=CO.OC1CCNC1. The summed E-state index contributed by atoms with van der Waals surface area (Å²) < 4.78 is 4.97. The molecule has 3 aliphatic heterocycles. The molecule has 0 aromatic heterocycles. The molecule has 0 bridgehead atoms. The molecule has 1 unspecified atom stereocenters. The van der Waals surface area contributed by atoms with Crippen LogP contribution >= 0.6 is 0 Å². The molecule has 4 rings (SSSR count). The van der Waals surface area contributed by atoms with Gasteiger partial charge in [0, 0.05) is 18.6 Å². The zero-order valence-corrected chi connectivity index (χ0v) is 18.2.